The third kappa shape index (κ3) is 3.64. The van der Waals surface area contributed by atoms with Crippen LogP contribution in [0.3, 0.4) is 0 Å². The minimum atomic E-state index is -0.703. The number of amides is 1. The Labute approximate surface area is 163 Å². The van der Waals surface area contributed by atoms with Gasteiger partial charge in [-0.1, -0.05) is 23.7 Å². The van der Waals surface area contributed by atoms with Crippen LogP contribution >= 0.6 is 22.9 Å². The zero-order valence-electron chi connectivity index (χ0n) is 14.1. The van der Waals surface area contributed by atoms with Crippen LogP contribution < -0.4 is 11.3 Å². The van der Waals surface area contributed by atoms with Crippen molar-refractivity contribution >= 4 is 28.8 Å². The molecule has 27 heavy (non-hydrogen) atoms. The summed E-state index contributed by atoms with van der Waals surface area (Å²) in [7, 11) is 0. The summed E-state index contributed by atoms with van der Waals surface area (Å²) in [5.74, 6) is -0.703. The monoisotopic (exact) mass is 402 g/mol. The Kier molecular flexibility index (Phi) is 4.77. The van der Waals surface area contributed by atoms with Crippen LogP contribution in [0.1, 0.15) is 27.0 Å². The number of primary amides is 1. The number of halogens is 1. The lowest BCUT2D eigenvalue weighted by atomic mass is 10.1. The van der Waals surface area contributed by atoms with E-state index < -0.39 is 5.91 Å². The molecule has 1 amide bonds. The normalized spacial score (nSPS) is 14.1. The lowest BCUT2D eigenvalue weighted by Crippen LogP contribution is -2.40. The van der Waals surface area contributed by atoms with Crippen LogP contribution in [0, 0.1) is 0 Å². The van der Waals surface area contributed by atoms with Crippen molar-refractivity contribution in [3.63, 3.8) is 0 Å². The molecule has 9 heteroatoms. The molecule has 0 unspecified atom stereocenters. The Balaban J connectivity index is 1.69. The summed E-state index contributed by atoms with van der Waals surface area (Å²) in [5, 5.41) is 5.37. The third-order valence-corrected chi connectivity index (χ3v) is 5.47. The predicted molar refractivity (Wildman–Crippen MR) is 102 cm³/mol. The van der Waals surface area contributed by atoms with E-state index in [9.17, 15) is 9.59 Å². The lowest BCUT2D eigenvalue weighted by Gasteiger charge is -2.27. The number of rotatable bonds is 5. The molecule has 0 saturated carbocycles. The molecule has 7 nitrogen and oxygen atoms in total. The zero-order chi connectivity index (χ0) is 19.0. The molecule has 0 spiro atoms. The van der Waals surface area contributed by atoms with Crippen LogP contribution in [0.4, 0.5) is 0 Å². The summed E-state index contributed by atoms with van der Waals surface area (Å²) in [6.07, 6.45) is 2.37. The molecule has 2 N–H and O–H groups in total. The number of carbonyl (C=O) groups is 1. The molecule has 1 aliphatic heterocycles. The van der Waals surface area contributed by atoms with Crippen LogP contribution in [0.15, 0.2) is 41.3 Å². The SMILES string of the molecule is NC(=O)c1nn(C2COC2)c(=O)cc1-c1ncc(Cc2cccc(Cl)c2)s1. The van der Waals surface area contributed by atoms with Crippen molar-refractivity contribution in [2.24, 2.45) is 5.73 Å². The number of carbonyl (C=O) groups excluding carboxylic acids is 1. The summed E-state index contributed by atoms with van der Waals surface area (Å²) in [6, 6.07) is 8.77. The Morgan fingerprint density at radius 1 is 1.37 bits per heavy atom. The molecule has 1 aromatic carbocycles. The van der Waals surface area contributed by atoms with Gasteiger partial charge in [-0.25, -0.2) is 9.67 Å². The molecule has 2 aromatic heterocycles. The van der Waals surface area contributed by atoms with Crippen molar-refractivity contribution < 1.29 is 9.53 Å². The smallest absolute Gasteiger partial charge is 0.269 e. The highest BCUT2D eigenvalue weighted by atomic mass is 35.5. The van der Waals surface area contributed by atoms with Gasteiger partial charge in [-0.15, -0.1) is 11.3 Å². The fourth-order valence-electron chi connectivity index (χ4n) is 2.80. The van der Waals surface area contributed by atoms with E-state index in [1.807, 2.05) is 24.3 Å². The molecule has 1 aliphatic rings. The molecular weight excluding hydrogens is 388 g/mol. The number of hydrogen-bond acceptors (Lipinski definition) is 6. The number of nitrogens with two attached hydrogens (primary N) is 1. The average molecular weight is 403 g/mol. The first kappa shape index (κ1) is 17.8. The van der Waals surface area contributed by atoms with Crippen molar-refractivity contribution in [3.8, 4) is 10.6 Å². The van der Waals surface area contributed by atoms with Crippen molar-refractivity contribution in [1.29, 1.82) is 0 Å². The van der Waals surface area contributed by atoms with Crippen LogP contribution in [0.5, 0.6) is 0 Å². The van der Waals surface area contributed by atoms with Gasteiger partial charge >= 0.3 is 0 Å². The van der Waals surface area contributed by atoms with E-state index in [2.05, 4.69) is 10.1 Å². The minimum absolute atomic E-state index is 0.0326. The Bertz CT molecular complexity index is 1070. The minimum Gasteiger partial charge on any atom is -0.377 e. The first-order valence-electron chi connectivity index (χ1n) is 8.22. The van der Waals surface area contributed by atoms with Crippen LogP contribution in [0.2, 0.25) is 5.02 Å². The first-order valence-corrected chi connectivity index (χ1v) is 9.41. The highest BCUT2D eigenvalue weighted by Gasteiger charge is 2.26. The summed E-state index contributed by atoms with van der Waals surface area (Å²) in [6.45, 7) is 0.789. The number of nitrogens with zero attached hydrogens (tertiary/aromatic N) is 3. The van der Waals surface area contributed by atoms with E-state index in [1.54, 1.807) is 6.20 Å². The highest BCUT2D eigenvalue weighted by Crippen LogP contribution is 2.28. The molecule has 0 aliphatic carbocycles. The van der Waals surface area contributed by atoms with Crippen LogP contribution in [-0.2, 0) is 11.2 Å². The summed E-state index contributed by atoms with van der Waals surface area (Å²) < 4.78 is 6.35. The summed E-state index contributed by atoms with van der Waals surface area (Å²) in [4.78, 5) is 29.6. The first-order chi connectivity index (χ1) is 13.0. The van der Waals surface area contributed by atoms with Gasteiger partial charge in [-0.3, -0.25) is 9.59 Å². The molecule has 0 atom stereocenters. The van der Waals surface area contributed by atoms with Gasteiger partial charge in [0.1, 0.15) is 11.0 Å². The van der Waals surface area contributed by atoms with Crippen molar-refractivity contribution in [1.82, 2.24) is 14.8 Å². The van der Waals surface area contributed by atoms with E-state index in [0.717, 1.165) is 10.4 Å². The molecule has 1 fully saturated rings. The fourth-order valence-corrected chi connectivity index (χ4v) is 3.98. The second-order valence-electron chi connectivity index (χ2n) is 6.18. The van der Waals surface area contributed by atoms with Gasteiger partial charge in [0.2, 0.25) is 0 Å². The summed E-state index contributed by atoms with van der Waals surface area (Å²) >= 11 is 7.41. The number of benzene rings is 1. The number of aromatic nitrogens is 3. The maximum absolute atomic E-state index is 12.4. The maximum atomic E-state index is 12.4. The van der Waals surface area contributed by atoms with Crippen LogP contribution in [-0.4, -0.2) is 33.9 Å². The van der Waals surface area contributed by atoms with Crippen molar-refractivity contribution in [2.45, 2.75) is 12.5 Å². The maximum Gasteiger partial charge on any atom is 0.269 e. The predicted octanol–water partition coefficient (Wildman–Crippen LogP) is 2.28. The molecule has 138 valence electrons. The zero-order valence-corrected chi connectivity index (χ0v) is 15.7. The summed E-state index contributed by atoms with van der Waals surface area (Å²) in [5.41, 5.74) is 6.61. The van der Waals surface area contributed by atoms with Gasteiger partial charge in [0.05, 0.1) is 13.2 Å². The molecule has 3 heterocycles. The van der Waals surface area contributed by atoms with Gasteiger partial charge in [0.25, 0.3) is 11.5 Å². The molecule has 4 rings (SSSR count). The van der Waals surface area contributed by atoms with E-state index in [-0.39, 0.29) is 17.3 Å². The molecule has 0 radical (unpaired) electrons. The molecular formula is C18H15ClN4O3S. The Morgan fingerprint density at radius 3 is 2.85 bits per heavy atom. The second-order valence-corrected chi connectivity index (χ2v) is 7.74. The average Bonchev–Trinajstić information content (AvgIpc) is 3.03. The van der Waals surface area contributed by atoms with Gasteiger partial charge in [0, 0.05) is 34.1 Å². The topological polar surface area (TPSA) is 100 Å². The van der Waals surface area contributed by atoms with E-state index >= 15 is 0 Å². The van der Waals surface area contributed by atoms with Crippen LogP contribution in [0.25, 0.3) is 10.6 Å². The van der Waals surface area contributed by atoms with Gasteiger partial charge in [-0.2, -0.15) is 5.10 Å². The van der Waals surface area contributed by atoms with Gasteiger partial charge in [-0.05, 0) is 17.7 Å². The van der Waals surface area contributed by atoms with Crippen molar-refractivity contribution in [2.75, 3.05) is 13.2 Å². The largest absolute Gasteiger partial charge is 0.377 e. The van der Waals surface area contributed by atoms with Crippen molar-refractivity contribution in [3.05, 3.63) is 68.0 Å². The van der Waals surface area contributed by atoms with Gasteiger partial charge in [0.15, 0.2) is 5.69 Å². The number of thiazole rings is 1. The third-order valence-electron chi connectivity index (χ3n) is 4.21. The molecule has 0 bridgehead atoms. The highest BCUT2D eigenvalue weighted by molar-refractivity contribution is 7.15. The molecule has 1 saturated heterocycles. The number of hydrogen-bond donors (Lipinski definition) is 1. The van der Waals surface area contributed by atoms with E-state index in [4.69, 9.17) is 22.1 Å². The van der Waals surface area contributed by atoms with E-state index in [0.29, 0.717) is 35.2 Å². The Morgan fingerprint density at radius 2 is 2.19 bits per heavy atom. The number of ether oxygens (including phenoxy) is 1. The van der Waals surface area contributed by atoms with Gasteiger partial charge < -0.3 is 10.5 Å². The quantitative estimate of drug-likeness (QED) is 0.705. The van der Waals surface area contributed by atoms with E-state index in [1.165, 1.54) is 22.1 Å². The lowest BCUT2D eigenvalue weighted by molar-refractivity contribution is -0.0309. The molecule has 3 aromatic rings. The Hall–Kier alpha value is -2.55. The fraction of sp³-hybridized carbons (Fsp3) is 0.222. The second kappa shape index (κ2) is 7.22. The standard InChI is InChI=1S/C18H15ClN4O3S/c19-11-3-1-2-10(4-11)5-13-7-21-18(27-13)14-6-15(24)23(12-8-26-9-12)22-16(14)17(20)25/h1-4,6-7,12H,5,8-9H2,(H2,20,25).